The van der Waals surface area contributed by atoms with Crippen molar-refractivity contribution in [2.75, 3.05) is 11.9 Å². The molecular formula is C15H16N4O3S2. The zero-order chi connectivity index (χ0) is 16.7. The van der Waals surface area contributed by atoms with Crippen molar-refractivity contribution in [2.45, 2.75) is 31.1 Å². The molecule has 9 heteroatoms. The third-order valence-corrected chi connectivity index (χ3v) is 7.46. The van der Waals surface area contributed by atoms with Crippen LogP contribution < -0.4 is 5.32 Å². The van der Waals surface area contributed by atoms with Crippen LogP contribution in [0.2, 0.25) is 0 Å². The van der Waals surface area contributed by atoms with E-state index in [1.165, 1.54) is 11.3 Å². The Labute approximate surface area is 143 Å². The summed E-state index contributed by atoms with van der Waals surface area (Å²) in [7, 11) is -3.17. The zero-order valence-electron chi connectivity index (χ0n) is 12.8. The molecule has 1 amide bonds. The lowest BCUT2D eigenvalue weighted by atomic mass is 10.2. The smallest absolute Gasteiger partial charge is 0.276 e. The predicted molar refractivity (Wildman–Crippen MR) is 90.4 cm³/mol. The predicted octanol–water partition coefficient (Wildman–Crippen LogP) is 1.64. The van der Waals surface area contributed by atoms with Crippen molar-refractivity contribution in [3.8, 4) is 0 Å². The number of pyridine rings is 1. The lowest BCUT2D eigenvalue weighted by molar-refractivity contribution is 0.102. The Hall–Kier alpha value is -1.84. The molecule has 0 saturated heterocycles. The first-order valence-corrected chi connectivity index (χ1v) is 10.1. The van der Waals surface area contributed by atoms with Crippen LogP contribution in [0, 0.1) is 0 Å². The quantitative estimate of drug-likeness (QED) is 0.890. The van der Waals surface area contributed by atoms with Crippen LogP contribution >= 0.6 is 11.3 Å². The summed E-state index contributed by atoms with van der Waals surface area (Å²) in [5.74, 6) is -0.316. The Morgan fingerprint density at radius 3 is 2.88 bits per heavy atom. The van der Waals surface area contributed by atoms with Crippen LogP contribution in [0.15, 0.2) is 24.4 Å². The number of nitrogens with one attached hydrogen (secondary N) is 1. The van der Waals surface area contributed by atoms with Crippen molar-refractivity contribution in [3.63, 3.8) is 0 Å². The summed E-state index contributed by atoms with van der Waals surface area (Å²) < 4.78 is 26.3. The van der Waals surface area contributed by atoms with E-state index in [0.717, 1.165) is 23.4 Å². The number of anilines is 1. The molecule has 7 nitrogen and oxygen atoms in total. The van der Waals surface area contributed by atoms with Gasteiger partial charge in [0.05, 0.1) is 10.9 Å². The van der Waals surface area contributed by atoms with Gasteiger partial charge in [-0.1, -0.05) is 6.07 Å². The van der Waals surface area contributed by atoms with Gasteiger partial charge in [0, 0.05) is 30.6 Å². The molecule has 2 aliphatic rings. The van der Waals surface area contributed by atoms with E-state index in [9.17, 15) is 13.2 Å². The summed E-state index contributed by atoms with van der Waals surface area (Å²) >= 11 is 1.33. The maximum absolute atomic E-state index is 12.4. The lowest BCUT2D eigenvalue weighted by Crippen LogP contribution is -2.37. The van der Waals surface area contributed by atoms with Crippen molar-refractivity contribution >= 4 is 32.4 Å². The average molecular weight is 364 g/mol. The highest BCUT2D eigenvalue weighted by molar-refractivity contribution is 7.90. The number of amides is 1. The average Bonchev–Trinajstić information content (AvgIpc) is 3.36. The van der Waals surface area contributed by atoms with E-state index in [1.807, 2.05) is 0 Å². The largest absolute Gasteiger partial charge is 0.296 e. The number of carbonyl (C=O) groups excluding carboxylic acids is 1. The molecule has 1 aliphatic carbocycles. The highest BCUT2D eigenvalue weighted by Gasteiger charge is 2.41. The van der Waals surface area contributed by atoms with Crippen molar-refractivity contribution in [1.82, 2.24) is 14.3 Å². The topological polar surface area (TPSA) is 92.3 Å². The minimum absolute atomic E-state index is 0.199. The van der Waals surface area contributed by atoms with E-state index in [0.29, 0.717) is 30.3 Å². The summed E-state index contributed by atoms with van der Waals surface area (Å²) in [4.78, 5) is 21.5. The van der Waals surface area contributed by atoms with Gasteiger partial charge in [-0.05, 0) is 25.0 Å². The van der Waals surface area contributed by atoms with Crippen LogP contribution in [0.1, 0.15) is 33.9 Å². The van der Waals surface area contributed by atoms with Crippen molar-refractivity contribution in [2.24, 2.45) is 0 Å². The minimum Gasteiger partial charge on any atom is -0.296 e. The normalized spacial score (nSPS) is 18.2. The Kier molecular flexibility index (Phi) is 3.86. The molecule has 0 aromatic carbocycles. The van der Waals surface area contributed by atoms with Gasteiger partial charge in [0.15, 0.2) is 5.13 Å². The van der Waals surface area contributed by atoms with E-state index in [1.54, 1.807) is 28.7 Å². The van der Waals surface area contributed by atoms with Gasteiger partial charge in [-0.2, -0.15) is 4.31 Å². The Morgan fingerprint density at radius 2 is 2.17 bits per heavy atom. The molecule has 2 aromatic rings. The number of thiazole rings is 1. The first kappa shape index (κ1) is 15.7. The van der Waals surface area contributed by atoms with Gasteiger partial charge in [0.2, 0.25) is 10.0 Å². The molecule has 126 valence electrons. The summed E-state index contributed by atoms with van der Waals surface area (Å²) in [6, 6.07) is 5.12. The molecule has 0 spiro atoms. The van der Waals surface area contributed by atoms with Gasteiger partial charge in [-0.15, -0.1) is 11.3 Å². The summed E-state index contributed by atoms with van der Waals surface area (Å²) in [5.41, 5.74) is 1.20. The van der Waals surface area contributed by atoms with Gasteiger partial charge in [-0.3, -0.25) is 15.1 Å². The molecule has 0 unspecified atom stereocenters. The molecule has 1 N–H and O–H groups in total. The summed E-state index contributed by atoms with van der Waals surface area (Å²) in [6.45, 7) is 0.814. The Bertz CT molecular complexity index is 875. The van der Waals surface area contributed by atoms with Crippen molar-refractivity contribution < 1.29 is 13.2 Å². The van der Waals surface area contributed by atoms with Gasteiger partial charge < -0.3 is 0 Å². The van der Waals surface area contributed by atoms with Crippen LogP contribution in [0.3, 0.4) is 0 Å². The fraction of sp³-hybridized carbons (Fsp3) is 0.400. The van der Waals surface area contributed by atoms with E-state index in [-0.39, 0.29) is 11.2 Å². The number of carbonyl (C=O) groups is 1. The van der Waals surface area contributed by atoms with E-state index < -0.39 is 10.0 Å². The molecule has 24 heavy (non-hydrogen) atoms. The maximum atomic E-state index is 12.4. The summed E-state index contributed by atoms with van der Waals surface area (Å²) in [6.07, 6.45) is 3.67. The monoisotopic (exact) mass is 364 g/mol. The molecule has 1 aliphatic heterocycles. The van der Waals surface area contributed by atoms with Crippen LogP contribution in [0.4, 0.5) is 5.13 Å². The number of hydrogen-bond acceptors (Lipinski definition) is 6. The van der Waals surface area contributed by atoms with E-state index >= 15 is 0 Å². The Morgan fingerprint density at radius 1 is 1.33 bits per heavy atom. The Balaban J connectivity index is 1.49. The number of fused-ring (bicyclic) bond motifs is 1. The molecule has 0 atom stereocenters. The number of aromatic nitrogens is 2. The molecule has 0 radical (unpaired) electrons. The van der Waals surface area contributed by atoms with Crippen molar-refractivity contribution in [3.05, 3.63) is 40.7 Å². The number of hydrogen-bond donors (Lipinski definition) is 1. The first-order chi connectivity index (χ1) is 11.5. The molecule has 0 bridgehead atoms. The SMILES string of the molecule is O=C(Nc1nc2c(s1)CN(S(=O)(=O)C1CC1)CC2)c1ccccn1. The first-order valence-electron chi connectivity index (χ1n) is 7.74. The second-order valence-electron chi connectivity index (χ2n) is 5.89. The molecular weight excluding hydrogens is 348 g/mol. The fourth-order valence-corrected chi connectivity index (χ4v) is 5.59. The lowest BCUT2D eigenvalue weighted by Gasteiger charge is -2.25. The molecule has 4 rings (SSSR count). The van der Waals surface area contributed by atoms with Crippen LogP contribution in [-0.4, -0.2) is 40.4 Å². The molecule has 2 aromatic heterocycles. The highest BCUT2D eigenvalue weighted by Crippen LogP contribution is 2.35. The molecule has 1 fully saturated rings. The standard InChI is InChI=1S/C15H16N4O3S2/c20-14(12-3-1-2-7-16-12)18-15-17-11-6-8-19(9-13(11)23-15)24(21,22)10-4-5-10/h1-3,7,10H,4-6,8-9H2,(H,17,18,20). The highest BCUT2D eigenvalue weighted by atomic mass is 32.2. The van der Waals surface area contributed by atoms with E-state index in [2.05, 4.69) is 15.3 Å². The fourth-order valence-electron chi connectivity index (χ4n) is 2.68. The number of nitrogens with zero attached hydrogens (tertiary/aromatic N) is 3. The molecule has 1 saturated carbocycles. The van der Waals surface area contributed by atoms with Crippen molar-refractivity contribution in [1.29, 1.82) is 0 Å². The third kappa shape index (κ3) is 2.94. The van der Waals surface area contributed by atoms with Gasteiger partial charge in [0.25, 0.3) is 5.91 Å². The maximum Gasteiger partial charge on any atom is 0.276 e. The van der Waals surface area contributed by atoms with Crippen LogP contribution in [-0.2, 0) is 23.0 Å². The minimum atomic E-state index is -3.17. The van der Waals surface area contributed by atoms with Crippen LogP contribution in [0.25, 0.3) is 0 Å². The van der Waals surface area contributed by atoms with Gasteiger partial charge in [0.1, 0.15) is 5.69 Å². The number of sulfonamides is 1. The summed E-state index contributed by atoms with van der Waals surface area (Å²) in [5, 5.41) is 3.03. The van der Waals surface area contributed by atoms with E-state index in [4.69, 9.17) is 0 Å². The van der Waals surface area contributed by atoms with Gasteiger partial charge >= 0.3 is 0 Å². The number of rotatable bonds is 4. The second-order valence-corrected chi connectivity index (χ2v) is 9.18. The van der Waals surface area contributed by atoms with Gasteiger partial charge in [-0.25, -0.2) is 13.4 Å². The molecule has 3 heterocycles. The third-order valence-electron chi connectivity index (χ3n) is 4.12. The van der Waals surface area contributed by atoms with Crippen LogP contribution in [0.5, 0.6) is 0 Å². The second kappa shape index (κ2) is 5.91. The zero-order valence-corrected chi connectivity index (χ0v) is 14.4.